The fourth-order valence-corrected chi connectivity index (χ4v) is 4.84. The minimum Gasteiger partial charge on any atom is -0.378 e. The minimum atomic E-state index is -0.484. The van der Waals surface area contributed by atoms with Crippen molar-refractivity contribution in [3.05, 3.63) is 30.3 Å². The lowest BCUT2D eigenvalue weighted by Gasteiger charge is -2.40. The molecule has 0 aromatic heterocycles. The summed E-state index contributed by atoms with van der Waals surface area (Å²) in [6, 6.07) is 10.0. The average Bonchev–Trinajstić information content (AvgIpc) is 3.24. The van der Waals surface area contributed by atoms with Crippen LogP contribution in [-0.4, -0.2) is 66.5 Å². The van der Waals surface area contributed by atoms with Gasteiger partial charge in [0.2, 0.25) is 11.8 Å². The van der Waals surface area contributed by atoms with Gasteiger partial charge in [-0.15, -0.1) is 0 Å². The molecule has 3 aliphatic rings. The minimum absolute atomic E-state index is 0.0451. The van der Waals surface area contributed by atoms with Crippen LogP contribution in [0.25, 0.3) is 0 Å². The molecule has 1 aromatic carbocycles. The summed E-state index contributed by atoms with van der Waals surface area (Å²) in [5.74, 6) is 0.503. The van der Waals surface area contributed by atoms with E-state index in [1.54, 1.807) is 0 Å². The van der Waals surface area contributed by atoms with Gasteiger partial charge in [-0.25, -0.2) is 0 Å². The van der Waals surface area contributed by atoms with Gasteiger partial charge in [0.25, 0.3) is 0 Å². The summed E-state index contributed by atoms with van der Waals surface area (Å²) in [6.07, 6.45) is 5.46. The van der Waals surface area contributed by atoms with Crippen LogP contribution in [0.2, 0.25) is 0 Å². The SMILES string of the molecule is O=C(C1CCN(C(=O)C2(Nc3ccccc3)CCCC2)CC1)N1CCOCC1. The van der Waals surface area contributed by atoms with Crippen molar-refractivity contribution in [2.45, 2.75) is 44.1 Å². The Morgan fingerprint density at radius 1 is 0.929 bits per heavy atom. The number of anilines is 1. The highest BCUT2D eigenvalue weighted by molar-refractivity contribution is 5.90. The monoisotopic (exact) mass is 385 g/mol. The van der Waals surface area contributed by atoms with Gasteiger partial charge in [-0.2, -0.15) is 0 Å². The number of para-hydroxylation sites is 1. The van der Waals surface area contributed by atoms with Gasteiger partial charge < -0.3 is 19.9 Å². The number of nitrogens with one attached hydrogen (secondary N) is 1. The molecule has 3 fully saturated rings. The maximum atomic E-state index is 13.5. The highest BCUT2D eigenvalue weighted by Gasteiger charge is 2.44. The molecule has 1 saturated carbocycles. The molecular weight excluding hydrogens is 354 g/mol. The molecule has 0 spiro atoms. The normalized spacial score (nSPS) is 22.9. The largest absolute Gasteiger partial charge is 0.378 e. The van der Waals surface area contributed by atoms with Gasteiger partial charge in [0.15, 0.2) is 0 Å². The van der Waals surface area contributed by atoms with Crippen molar-refractivity contribution >= 4 is 17.5 Å². The molecule has 2 saturated heterocycles. The van der Waals surface area contributed by atoms with Gasteiger partial charge >= 0.3 is 0 Å². The van der Waals surface area contributed by atoms with E-state index in [0.717, 1.165) is 44.2 Å². The summed E-state index contributed by atoms with van der Waals surface area (Å²) in [7, 11) is 0. The smallest absolute Gasteiger partial charge is 0.248 e. The van der Waals surface area contributed by atoms with Gasteiger partial charge in [-0.05, 0) is 37.8 Å². The number of piperidine rings is 1. The van der Waals surface area contributed by atoms with Crippen LogP contribution in [0.5, 0.6) is 0 Å². The van der Waals surface area contributed by atoms with Crippen LogP contribution in [0.3, 0.4) is 0 Å². The van der Waals surface area contributed by atoms with Crippen molar-refractivity contribution in [1.82, 2.24) is 9.80 Å². The van der Waals surface area contributed by atoms with Gasteiger partial charge in [-0.1, -0.05) is 31.0 Å². The molecule has 6 heteroatoms. The fourth-order valence-electron chi connectivity index (χ4n) is 4.84. The lowest BCUT2D eigenvalue weighted by molar-refractivity contribution is -0.145. The van der Waals surface area contributed by atoms with Crippen molar-refractivity contribution in [1.29, 1.82) is 0 Å². The highest BCUT2D eigenvalue weighted by atomic mass is 16.5. The Morgan fingerprint density at radius 3 is 2.21 bits per heavy atom. The van der Waals surface area contributed by atoms with Crippen molar-refractivity contribution in [2.24, 2.45) is 5.92 Å². The molecule has 2 amide bonds. The number of morpholine rings is 1. The molecule has 1 aromatic rings. The topological polar surface area (TPSA) is 61.9 Å². The number of hydrogen-bond acceptors (Lipinski definition) is 4. The van der Waals surface area contributed by atoms with E-state index >= 15 is 0 Å². The average molecular weight is 386 g/mol. The van der Waals surface area contributed by atoms with Crippen LogP contribution in [0.15, 0.2) is 30.3 Å². The van der Waals surface area contributed by atoms with Gasteiger partial charge in [-0.3, -0.25) is 9.59 Å². The second-order valence-corrected chi connectivity index (χ2v) is 8.28. The zero-order valence-corrected chi connectivity index (χ0v) is 16.6. The number of rotatable bonds is 4. The zero-order valence-electron chi connectivity index (χ0n) is 16.6. The molecule has 2 heterocycles. The van der Waals surface area contributed by atoms with Crippen molar-refractivity contribution in [3.63, 3.8) is 0 Å². The predicted octanol–water partition coefficient (Wildman–Crippen LogP) is 2.51. The fraction of sp³-hybridized carbons (Fsp3) is 0.636. The Labute approximate surface area is 167 Å². The number of nitrogens with zero attached hydrogens (tertiary/aromatic N) is 2. The molecule has 0 atom stereocenters. The number of amides is 2. The van der Waals surface area contributed by atoms with Crippen LogP contribution in [0.1, 0.15) is 38.5 Å². The van der Waals surface area contributed by atoms with Crippen LogP contribution in [-0.2, 0) is 14.3 Å². The number of carbonyl (C=O) groups excluding carboxylic acids is 2. The molecule has 0 unspecified atom stereocenters. The third-order valence-electron chi connectivity index (χ3n) is 6.48. The third-order valence-corrected chi connectivity index (χ3v) is 6.48. The highest BCUT2D eigenvalue weighted by Crippen LogP contribution is 2.36. The molecular formula is C22H31N3O3. The molecule has 6 nitrogen and oxygen atoms in total. The summed E-state index contributed by atoms with van der Waals surface area (Å²) in [4.78, 5) is 30.1. The van der Waals surface area contributed by atoms with Gasteiger partial charge in [0.1, 0.15) is 5.54 Å². The quantitative estimate of drug-likeness (QED) is 0.865. The van der Waals surface area contributed by atoms with E-state index in [4.69, 9.17) is 4.74 Å². The summed E-state index contributed by atoms with van der Waals surface area (Å²) in [5.41, 5.74) is 0.526. The first-order chi connectivity index (χ1) is 13.7. The van der Waals surface area contributed by atoms with E-state index in [1.165, 1.54) is 0 Å². The number of likely N-dealkylation sites (tertiary alicyclic amines) is 1. The first kappa shape index (κ1) is 19.2. The maximum Gasteiger partial charge on any atom is 0.248 e. The Morgan fingerprint density at radius 2 is 1.57 bits per heavy atom. The van der Waals surface area contributed by atoms with Crippen LogP contribution >= 0.6 is 0 Å². The Bertz CT molecular complexity index is 674. The summed E-state index contributed by atoms with van der Waals surface area (Å²) in [5, 5.41) is 3.56. The summed E-state index contributed by atoms with van der Waals surface area (Å²) >= 11 is 0. The van der Waals surface area contributed by atoms with E-state index in [-0.39, 0.29) is 17.7 Å². The van der Waals surface area contributed by atoms with E-state index in [9.17, 15) is 9.59 Å². The second kappa shape index (κ2) is 8.52. The second-order valence-electron chi connectivity index (χ2n) is 8.28. The van der Waals surface area contributed by atoms with Gasteiger partial charge in [0, 0.05) is 37.8 Å². The van der Waals surface area contributed by atoms with E-state index in [1.807, 2.05) is 40.1 Å². The van der Waals surface area contributed by atoms with Crippen molar-refractivity contribution < 1.29 is 14.3 Å². The molecule has 28 heavy (non-hydrogen) atoms. The number of carbonyl (C=O) groups is 2. The summed E-state index contributed by atoms with van der Waals surface area (Å²) in [6.45, 7) is 4.02. The zero-order chi connectivity index (χ0) is 19.4. The molecule has 0 radical (unpaired) electrons. The maximum absolute atomic E-state index is 13.5. The van der Waals surface area contributed by atoms with E-state index in [0.29, 0.717) is 39.4 Å². The Hall–Kier alpha value is -2.08. The third kappa shape index (κ3) is 4.02. The van der Waals surface area contributed by atoms with Crippen LogP contribution in [0, 0.1) is 5.92 Å². The summed E-state index contributed by atoms with van der Waals surface area (Å²) < 4.78 is 5.35. The molecule has 0 bridgehead atoms. The molecule has 4 rings (SSSR count). The number of benzene rings is 1. The predicted molar refractivity (Wildman–Crippen MR) is 108 cm³/mol. The van der Waals surface area contributed by atoms with E-state index in [2.05, 4.69) is 5.32 Å². The molecule has 1 aliphatic carbocycles. The molecule has 1 N–H and O–H groups in total. The number of hydrogen-bond donors (Lipinski definition) is 1. The Balaban J connectivity index is 1.37. The molecule has 2 aliphatic heterocycles. The van der Waals surface area contributed by atoms with Gasteiger partial charge in [0.05, 0.1) is 13.2 Å². The van der Waals surface area contributed by atoms with Crippen LogP contribution < -0.4 is 5.32 Å². The Kier molecular flexibility index (Phi) is 5.85. The molecule has 152 valence electrons. The first-order valence-electron chi connectivity index (χ1n) is 10.7. The number of ether oxygens (including phenoxy) is 1. The van der Waals surface area contributed by atoms with E-state index < -0.39 is 5.54 Å². The first-order valence-corrected chi connectivity index (χ1v) is 10.7. The van der Waals surface area contributed by atoms with Crippen LogP contribution in [0.4, 0.5) is 5.69 Å². The van der Waals surface area contributed by atoms with Crippen molar-refractivity contribution in [3.8, 4) is 0 Å². The van der Waals surface area contributed by atoms with Crippen molar-refractivity contribution in [2.75, 3.05) is 44.7 Å². The lowest BCUT2D eigenvalue weighted by Crippen LogP contribution is -2.55. The lowest BCUT2D eigenvalue weighted by atomic mass is 9.90. The standard InChI is InChI=1S/C22H31N3O3/c26-20(24-14-16-28-17-15-24)18-8-12-25(13-9-18)21(27)22(10-4-5-11-22)23-19-6-2-1-3-7-19/h1-3,6-7,18,23H,4-5,8-17H2.